The number of nitrogens with one attached hydrogen (secondary N) is 1. The van der Waals surface area contributed by atoms with E-state index in [0.717, 1.165) is 5.56 Å². The van der Waals surface area contributed by atoms with Gasteiger partial charge in [-0.3, -0.25) is 4.79 Å². The second-order valence-electron chi connectivity index (χ2n) is 4.60. The zero-order valence-corrected chi connectivity index (χ0v) is 12.2. The third kappa shape index (κ3) is 4.37. The molecule has 0 saturated carbocycles. The van der Waals surface area contributed by atoms with E-state index in [1.165, 1.54) is 7.11 Å². The van der Waals surface area contributed by atoms with E-state index in [1.54, 1.807) is 19.1 Å². The third-order valence-corrected chi connectivity index (χ3v) is 3.22. The van der Waals surface area contributed by atoms with Crippen molar-refractivity contribution in [1.29, 1.82) is 0 Å². The van der Waals surface area contributed by atoms with Crippen LogP contribution >= 0.6 is 0 Å². The normalized spacial score (nSPS) is 13.0. The van der Waals surface area contributed by atoms with Crippen molar-refractivity contribution in [3.8, 4) is 11.8 Å². The quantitative estimate of drug-likeness (QED) is 0.810. The van der Waals surface area contributed by atoms with Crippen molar-refractivity contribution in [3.63, 3.8) is 0 Å². The van der Waals surface area contributed by atoms with Crippen LogP contribution in [0.25, 0.3) is 0 Å². The van der Waals surface area contributed by atoms with E-state index in [1.807, 2.05) is 19.1 Å². The first-order chi connectivity index (χ1) is 9.55. The molecule has 0 aliphatic heterocycles. The number of hydrogen-bond donors (Lipinski definition) is 2. The van der Waals surface area contributed by atoms with Crippen molar-refractivity contribution < 1.29 is 14.6 Å². The first kappa shape index (κ1) is 16.2. The largest absolute Gasteiger partial charge is 0.395 e. The molecule has 1 aromatic rings. The van der Waals surface area contributed by atoms with Gasteiger partial charge in [-0.15, -0.1) is 0 Å². The molecule has 4 nitrogen and oxygen atoms in total. The van der Waals surface area contributed by atoms with Gasteiger partial charge in [-0.25, -0.2) is 0 Å². The van der Waals surface area contributed by atoms with Gasteiger partial charge in [0, 0.05) is 24.8 Å². The standard InChI is InChI=1S/C16H21NO3/c1-4-16(2,20-3)15(19)17-14-10-8-13(9-11-14)7-5-6-12-18/h8-11,18H,4,6,12H2,1-3H3,(H,17,19). The molecule has 0 aliphatic carbocycles. The van der Waals surface area contributed by atoms with Crippen LogP contribution in [0.5, 0.6) is 0 Å². The van der Waals surface area contributed by atoms with Gasteiger partial charge in [-0.1, -0.05) is 18.8 Å². The van der Waals surface area contributed by atoms with E-state index in [9.17, 15) is 4.79 Å². The molecular formula is C16H21NO3. The van der Waals surface area contributed by atoms with Crippen molar-refractivity contribution in [2.45, 2.75) is 32.3 Å². The van der Waals surface area contributed by atoms with Crippen molar-refractivity contribution in [3.05, 3.63) is 29.8 Å². The summed E-state index contributed by atoms with van der Waals surface area (Å²) in [5.74, 6) is 5.61. The number of aliphatic hydroxyl groups is 1. The van der Waals surface area contributed by atoms with E-state index >= 15 is 0 Å². The van der Waals surface area contributed by atoms with Crippen LogP contribution in [-0.4, -0.2) is 30.3 Å². The fourth-order valence-corrected chi connectivity index (χ4v) is 1.52. The predicted octanol–water partition coefficient (Wildman–Crippen LogP) is 2.17. The fourth-order valence-electron chi connectivity index (χ4n) is 1.52. The van der Waals surface area contributed by atoms with Gasteiger partial charge in [0.1, 0.15) is 5.60 Å². The van der Waals surface area contributed by atoms with Gasteiger partial charge in [0.15, 0.2) is 0 Å². The Morgan fingerprint density at radius 3 is 2.55 bits per heavy atom. The molecule has 0 saturated heterocycles. The Hall–Kier alpha value is -1.83. The van der Waals surface area contributed by atoms with E-state index in [0.29, 0.717) is 18.5 Å². The average molecular weight is 275 g/mol. The van der Waals surface area contributed by atoms with Crippen LogP contribution in [0.4, 0.5) is 5.69 Å². The minimum absolute atomic E-state index is 0.0633. The zero-order valence-electron chi connectivity index (χ0n) is 12.2. The number of amides is 1. The first-order valence-electron chi connectivity index (χ1n) is 6.62. The second kappa shape index (κ2) is 7.68. The Labute approximate surface area is 120 Å². The molecule has 4 heteroatoms. The Kier molecular flexibility index (Phi) is 6.23. The first-order valence-corrected chi connectivity index (χ1v) is 6.62. The lowest BCUT2D eigenvalue weighted by molar-refractivity contribution is -0.136. The summed E-state index contributed by atoms with van der Waals surface area (Å²) in [5.41, 5.74) is 0.737. The highest BCUT2D eigenvalue weighted by Crippen LogP contribution is 2.18. The highest BCUT2D eigenvalue weighted by molar-refractivity contribution is 5.97. The smallest absolute Gasteiger partial charge is 0.256 e. The van der Waals surface area contributed by atoms with Crippen LogP contribution in [0, 0.1) is 11.8 Å². The summed E-state index contributed by atoms with van der Waals surface area (Å²) in [7, 11) is 1.53. The number of aliphatic hydroxyl groups excluding tert-OH is 1. The number of benzene rings is 1. The average Bonchev–Trinajstić information content (AvgIpc) is 2.48. The molecule has 2 N–H and O–H groups in total. The molecule has 1 amide bonds. The Bertz CT molecular complexity index is 493. The maximum atomic E-state index is 12.1. The zero-order chi connectivity index (χ0) is 15.0. The number of methoxy groups -OCH3 is 1. The van der Waals surface area contributed by atoms with Gasteiger partial charge in [0.05, 0.1) is 6.61 Å². The molecule has 0 bridgehead atoms. The lowest BCUT2D eigenvalue weighted by Gasteiger charge is -2.25. The molecule has 0 aliphatic rings. The maximum Gasteiger partial charge on any atom is 0.256 e. The van der Waals surface area contributed by atoms with Gasteiger partial charge in [0.25, 0.3) is 5.91 Å². The molecule has 0 spiro atoms. The Morgan fingerprint density at radius 2 is 2.05 bits per heavy atom. The van der Waals surface area contributed by atoms with E-state index in [4.69, 9.17) is 9.84 Å². The summed E-state index contributed by atoms with van der Waals surface area (Å²) in [4.78, 5) is 12.1. The van der Waals surface area contributed by atoms with Crippen LogP contribution in [0.1, 0.15) is 32.3 Å². The van der Waals surface area contributed by atoms with E-state index in [-0.39, 0.29) is 12.5 Å². The highest BCUT2D eigenvalue weighted by atomic mass is 16.5. The minimum Gasteiger partial charge on any atom is -0.395 e. The van der Waals surface area contributed by atoms with E-state index in [2.05, 4.69) is 17.2 Å². The Balaban J connectivity index is 2.71. The Morgan fingerprint density at radius 1 is 1.40 bits per heavy atom. The van der Waals surface area contributed by atoms with Gasteiger partial charge >= 0.3 is 0 Å². The fraction of sp³-hybridized carbons (Fsp3) is 0.438. The molecule has 1 rings (SSSR count). The van der Waals surface area contributed by atoms with Gasteiger partial charge < -0.3 is 15.2 Å². The van der Waals surface area contributed by atoms with Crippen LogP contribution in [0.2, 0.25) is 0 Å². The van der Waals surface area contributed by atoms with Gasteiger partial charge in [-0.2, -0.15) is 0 Å². The molecule has 1 aromatic carbocycles. The predicted molar refractivity (Wildman–Crippen MR) is 79.4 cm³/mol. The summed E-state index contributed by atoms with van der Waals surface area (Å²) in [6.45, 7) is 3.73. The number of carbonyl (C=O) groups excluding carboxylic acids is 1. The van der Waals surface area contributed by atoms with E-state index < -0.39 is 5.60 Å². The van der Waals surface area contributed by atoms with Crippen molar-refractivity contribution >= 4 is 11.6 Å². The summed E-state index contributed by atoms with van der Waals surface area (Å²) in [5, 5.41) is 11.5. The molecule has 20 heavy (non-hydrogen) atoms. The molecule has 0 radical (unpaired) electrons. The summed E-state index contributed by atoms with van der Waals surface area (Å²) >= 11 is 0. The lowest BCUT2D eigenvalue weighted by atomic mass is 10.0. The molecule has 1 atom stereocenters. The number of anilines is 1. The van der Waals surface area contributed by atoms with Gasteiger partial charge in [0.2, 0.25) is 0 Å². The summed E-state index contributed by atoms with van der Waals surface area (Å²) in [6, 6.07) is 7.26. The molecule has 0 aromatic heterocycles. The number of hydrogen-bond acceptors (Lipinski definition) is 3. The monoisotopic (exact) mass is 275 g/mol. The summed E-state index contributed by atoms with van der Waals surface area (Å²) < 4.78 is 5.25. The highest BCUT2D eigenvalue weighted by Gasteiger charge is 2.30. The van der Waals surface area contributed by atoms with Crippen LogP contribution in [-0.2, 0) is 9.53 Å². The van der Waals surface area contributed by atoms with Crippen LogP contribution < -0.4 is 5.32 Å². The number of carbonyl (C=O) groups is 1. The van der Waals surface area contributed by atoms with Crippen molar-refractivity contribution in [1.82, 2.24) is 0 Å². The number of ether oxygens (including phenoxy) is 1. The lowest BCUT2D eigenvalue weighted by Crippen LogP contribution is -2.41. The topological polar surface area (TPSA) is 58.6 Å². The van der Waals surface area contributed by atoms with Gasteiger partial charge in [-0.05, 0) is 37.6 Å². The SMILES string of the molecule is CCC(C)(OC)C(=O)Nc1ccc(C#CCCO)cc1. The minimum atomic E-state index is -0.820. The number of rotatable bonds is 5. The molecule has 108 valence electrons. The summed E-state index contributed by atoms with van der Waals surface area (Å²) in [6.07, 6.45) is 1.06. The third-order valence-electron chi connectivity index (χ3n) is 3.22. The molecule has 0 fully saturated rings. The van der Waals surface area contributed by atoms with Crippen molar-refractivity contribution in [2.75, 3.05) is 19.0 Å². The molecule has 1 unspecified atom stereocenters. The van der Waals surface area contributed by atoms with Crippen molar-refractivity contribution in [2.24, 2.45) is 0 Å². The van der Waals surface area contributed by atoms with Crippen LogP contribution in [0.3, 0.4) is 0 Å². The maximum absolute atomic E-state index is 12.1. The molecule has 0 heterocycles. The molecular weight excluding hydrogens is 254 g/mol. The van der Waals surface area contributed by atoms with Crippen LogP contribution in [0.15, 0.2) is 24.3 Å². The second-order valence-corrected chi connectivity index (χ2v) is 4.60.